The van der Waals surface area contributed by atoms with E-state index in [-0.39, 0.29) is 5.91 Å². The van der Waals surface area contributed by atoms with E-state index in [1.807, 2.05) is 25.2 Å². The van der Waals surface area contributed by atoms with Gasteiger partial charge in [0, 0.05) is 44.8 Å². The summed E-state index contributed by atoms with van der Waals surface area (Å²) in [4.78, 5) is 19.4. The van der Waals surface area contributed by atoms with Gasteiger partial charge in [-0.3, -0.25) is 4.79 Å². The number of hydrogen-bond acceptors (Lipinski definition) is 5. The summed E-state index contributed by atoms with van der Waals surface area (Å²) in [5, 5.41) is 3.01. The minimum Gasteiger partial charge on any atom is -0.381 e. The van der Waals surface area contributed by atoms with Crippen LogP contribution < -0.4 is 10.2 Å². The monoisotopic (exact) mass is 344 g/mol. The van der Waals surface area contributed by atoms with Crippen LogP contribution in [-0.4, -0.2) is 61.5 Å². The minimum atomic E-state index is -0.0487. The molecule has 1 amide bonds. The molecular formula is C18H24N4O3. The fraction of sp³-hybridized carbons (Fsp3) is 0.556. The summed E-state index contributed by atoms with van der Waals surface area (Å²) in [5.41, 5.74) is 2.53. The molecule has 2 saturated heterocycles. The summed E-state index contributed by atoms with van der Waals surface area (Å²) in [6.45, 7) is 5.33. The number of anilines is 1. The average Bonchev–Trinajstić information content (AvgIpc) is 3.28. The molecule has 7 nitrogen and oxygen atoms in total. The fourth-order valence-corrected chi connectivity index (χ4v) is 3.46. The van der Waals surface area contributed by atoms with Gasteiger partial charge in [0.1, 0.15) is 0 Å². The number of ether oxygens (including phenoxy) is 2. The van der Waals surface area contributed by atoms with Crippen LogP contribution in [0.3, 0.4) is 0 Å². The molecule has 2 fully saturated rings. The van der Waals surface area contributed by atoms with Crippen LogP contribution in [0.1, 0.15) is 16.8 Å². The molecule has 1 N–H and O–H groups in total. The molecule has 0 spiro atoms. The Labute approximate surface area is 146 Å². The summed E-state index contributed by atoms with van der Waals surface area (Å²) < 4.78 is 12.8. The number of morpholine rings is 1. The molecule has 1 aromatic carbocycles. The summed E-state index contributed by atoms with van der Waals surface area (Å²) in [6.07, 6.45) is 1.02. The van der Waals surface area contributed by atoms with E-state index in [4.69, 9.17) is 14.5 Å². The van der Waals surface area contributed by atoms with Crippen molar-refractivity contribution in [1.82, 2.24) is 14.9 Å². The highest BCUT2D eigenvalue weighted by molar-refractivity contribution is 5.97. The zero-order valence-electron chi connectivity index (χ0n) is 14.5. The van der Waals surface area contributed by atoms with Crippen molar-refractivity contribution in [3.8, 4) is 0 Å². The lowest BCUT2D eigenvalue weighted by molar-refractivity contribution is 0.0945. The zero-order valence-corrected chi connectivity index (χ0v) is 14.5. The van der Waals surface area contributed by atoms with Crippen LogP contribution in [0.25, 0.3) is 11.0 Å². The maximum absolute atomic E-state index is 12.4. The Morgan fingerprint density at radius 2 is 2.12 bits per heavy atom. The molecule has 0 radical (unpaired) electrons. The van der Waals surface area contributed by atoms with E-state index in [0.29, 0.717) is 18.0 Å². The third-order valence-corrected chi connectivity index (χ3v) is 4.99. The summed E-state index contributed by atoms with van der Waals surface area (Å²) >= 11 is 0. The molecule has 2 aromatic rings. The number of fused-ring (bicyclic) bond motifs is 1. The molecule has 2 aliphatic rings. The van der Waals surface area contributed by atoms with Crippen LogP contribution in [0.15, 0.2) is 18.2 Å². The zero-order chi connectivity index (χ0) is 17.2. The SMILES string of the molecule is Cn1c(N2CCOCC2)nc2cc(C(=O)NCC3CCOC3)ccc21. The smallest absolute Gasteiger partial charge is 0.251 e. The molecule has 1 aromatic heterocycles. The van der Waals surface area contributed by atoms with Crippen molar-refractivity contribution in [2.45, 2.75) is 6.42 Å². The van der Waals surface area contributed by atoms with Gasteiger partial charge >= 0.3 is 0 Å². The van der Waals surface area contributed by atoms with E-state index in [1.54, 1.807) is 0 Å². The molecule has 4 rings (SSSR count). The molecule has 3 heterocycles. The average molecular weight is 344 g/mol. The van der Waals surface area contributed by atoms with Crippen molar-refractivity contribution >= 4 is 22.9 Å². The van der Waals surface area contributed by atoms with E-state index in [1.165, 1.54) is 0 Å². The van der Waals surface area contributed by atoms with Gasteiger partial charge in [-0.1, -0.05) is 0 Å². The van der Waals surface area contributed by atoms with E-state index in [0.717, 1.165) is 62.9 Å². The Kier molecular flexibility index (Phi) is 4.59. The predicted octanol–water partition coefficient (Wildman–Crippen LogP) is 1.18. The van der Waals surface area contributed by atoms with E-state index < -0.39 is 0 Å². The van der Waals surface area contributed by atoms with Gasteiger partial charge in [-0.25, -0.2) is 4.98 Å². The second-order valence-electron chi connectivity index (χ2n) is 6.71. The molecule has 134 valence electrons. The largest absolute Gasteiger partial charge is 0.381 e. The van der Waals surface area contributed by atoms with Gasteiger partial charge in [-0.15, -0.1) is 0 Å². The first-order valence-corrected chi connectivity index (χ1v) is 8.87. The molecule has 25 heavy (non-hydrogen) atoms. The number of nitrogens with one attached hydrogen (secondary N) is 1. The Morgan fingerprint density at radius 1 is 1.28 bits per heavy atom. The molecular weight excluding hydrogens is 320 g/mol. The number of rotatable bonds is 4. The van der Waals surface area contributed by atoms with Gasteiger partial charge < -0.3 is 24.3 Å². The first kappa shape index (κ1) is 16.4. The van der Waals surface area contributed by atoms with Gasteiger partial charge in [0.25, 0.3) is 5.91 Å². The van der Waals surface area contributed by atoms with Gasteiger partial charge in [0.15, 0.2) is 0 Å². The number of aryl methyl sites for hydroxylation is 1. The third-order valence-electron chi connectivity index (χ3n) is 4.99. The number of aromatic nitrogens is 2. The van der Waals surface area contributed by atoms with E-state index in [2.05, 4.69) is 14.8 Å². The first-order chi connectivity index (χ1) is 12.2. The fourth-order valence-electron chi connectivity index (χ4n) is 3.46. The highest BCUT2D eigenvalue weighted by Crippen LogP contribution is 2.23. The topological polar surface area (TPSA) is 68.6 Å². The highest BCUT2D eigenvalue weighted by atomic mass is 16.5. The lowest BCUT2D eigenvalue weighted by Crippen LogP contribution is -2.37. The Bertz CT molecular complexity index is 761. The quantitative estimate of drug-likeness (QED) is 0.902. The van der Waals surface area contributed by atoms with Gasteiger partial charge in [-0.2, -0.15) is 0 Å². The molecule has 1 atom stereocenters. The van der Waals surface area contributed by atoms with E-state index >= 15 is 0 Å². The lowest BCUT2D eigenvalue weighted by atomic mass is 10.1. The highest BCUT2D eigenvalue weighted by Gasteiger charge is 2.20. The van der Waals surface area contributed by atoms with E-state index in [9.17, 15) is 4.79 Å². The molecule has 0 saturated carbocycles. The number of amides is 1. The van der Waals surface area contributed by atoms with Crippen LogP contribution in [0.2, 0.25) is 0 Å². The van der Waals surface area contributed by atoms with Crippen molar-refractivity contribution < 1.29 is 14.3 Å². The molecule has 1 unspecified atom stereocenters. The number of nitrogens with zero attached hydrogens (tertiary/aromatic N) is 3. The second kappa shape index (κ2) is 7.01. The predicted molar refractivity (Wildman–Crippen MR) is 95.0 cm³/mol. The van der Waals surface area contributed by atoms with Crippen molar-refractivity contribution in [1.29, 1.82) is 0 Å². The van der Waals surface area contributed by atoms with Crippen molar-refractivity contribution in [2.75, 3.05) is 51.0 Å². The van der Waals surface area contributed by atoms with Crippen LogP contribution >= 0.6 is 0 Å². The first-order valence-electron chi connectivity index (χ1n) is 8.87. The third kappa shape index (κ3) is 3.34. The van der Waals surface area contributed by atoms with Crippen molar-refractivity contribution in [3.63, 3.8) is 0 Å². The molecule has 2 aliphatic heterocycles. The van der Waals surface area contributed by atoms with Crippen LogP contribution in [0, 0.1) is 5.92 Å². The number of imidazole rings is 1. The number of benzene rings is 1. The normalized spacial score (nSPS) is 21.0. The van der Waals surface area contributed by atoms with Crippen LogP contribution in [0.4, 0.5) is 5.95 Å². The molecule has 0 bridgehead atoms. The Morgan fingerprint density at radius 3 is 2.88 bits per heavy atom. The summed E-state index contributed by atoms with van der Waals surface area (Å²) in [7, 11) is 2.01. The maximum Gasteiger partial charge on any atom is 0.251 e. The van der Waals surface area contributed by atoms with Crippen molar-refractivity contribution in [2.24, 2.45) is 13.0 Å². The van der Waals surface area contributed by atoms with Crippen LogP contribution in [-0.2, 0) is 16.5 Å². The second-order valence-corrected chi connectivity index (χ2v) is 6.71. The summed E-state index contributed by atoms with van der Waals surface area (Å²) in [5.74, 6) is 1.31. The molecule has 0 aliphatic carbocycles. The number of carbonyl (C=O) groups excluding carboxylic acids is 1. The lowest BCUT2D eigenvalue weighted by Gasteiger charge is -2.27. The van der Waals surface area contributed by atoms with Gasteiger partial charge in [-0.05, 0) is 24.6 Å². The maximum atomic E-state index is 12.4. The molecule has 7 heteroatoms. The Balaban J connectivity index is 1.51. The van der Waals surface area contributed by atoms with Gasteiger partial charge in [0.2, 0.25) is 5.95 Å². The standard InChI is InChI=1S/C18H24N4O3/c1-21-16-3-2-14(17(23)19-11-13-4-7-25-12-13)10-15(16)20-18(21)22-5-8-24-9-6-22/h2-3,10,13H,4-9,11-12H2,1H3,(H,19,23). The number of carbonyl (C=O) groups is 1. The van der Waals surface area contributed by atoms with Crippen molar-refractivity contribution in [3.05, 3.63) is 23.8 Å². The summed E-state index contributed by atoms with van der Waals surface area (Å²) in [6, 6.07) is 5.72. The van der Waals surface area contributed by atoms with Gasteiger partial charge in [0.05, 0.1) is 30.9 Å². The number of hydrogen-bond donors (Lipinski definition) is 1. The van der Waals surface area contributed by atoms with Crippen LogP contribution in [0.5, 0.6) is 0 Å². The minimum absolute atomic E-state index is 0.0487. The Hall–Kier alpha value is -2.12.